The number of hydrogen-bond donors (Lipinski definition) is 2. The third kappa shape index (κ3) is 5.42. The Morgan fingerprint density at radius 2 is 1.94 bits per heavy atom. The van der Waals surface area contributed by atoms with Gasteiger partial charge in [0.1, 0.15) is 26.8 Å². The number of methoxy groups -OCH3 is 1. The van der Waals surface area contributed by atoms with Gasteiger partial charge in [0, 0.05) is 23.8 Å². The second-order valence-corrected chi connectivity index (χ2v) is 9.57. The molecule has 3 N–H and O–H groups in total. The van der Waals surface area contributed by atoms with Gasteiger partial charge < -0.3 is 20.2 Å². The van der Waals surface area contributed by atoms with Crippen LogP contribution in [0.4, 0.5) is 13.2 Å². The van der Waals surface area contributed by atoms with E-state index in [0.717, 1.165) is 12.3 Å². The lowest BCUT2D eigenvalue weighted by Crippen LogP contribution is -2.30. The third-order valence-electron chi connectivity index (χ3n) is 4.60. The third-order valence-corrected chi connectivity index (χ3v) is 5.55. The molecular formula is C20H21F3N4O5S. The fourth-order valence-electron chi connectivity index (χ4n) is 3.05. The molecule has 2 heterocycles. The summed E-state index contributed by atoms with van der Waals surface area (Å²) in [5, 5.41) is 2.70. The number of alkyl halides is 3. The van der Waals surface area contributed by atoms with Crippen molar-refractivity contribution in [1.29, 1.82) is 0 Å². The SMILES string of the molecule is COc1ccc(-c2nc(C(=O)NCCS(C)(=O)=O)c([C@H](C)N)o2)c2ccc(C(F)(F)F)nc12. The van der Waals surface area contributed by atoms with Gasteiger partial charge in [0.05, 0.1) is 18.9 Å². The van der Waals surface area contributed by atoms with Crippen LogP contribution in [0.1, 0.15) is 34.9 Å². The number of sulfone groups is 1. The average molecular weight is 486 g/mol. The molecule has 0 aliphatic carbocycles. The number of ether oxygens (including phenoxy) is 1. The van der Waals surface area contributed by atoms with E-state index in [0.29, 0.717) is 0 Å². The molecule has 0 aliphatic rings. The fraction of sp³-hybridized carbons (Fsp3) is 0.350. The number of rotatable bonds is 7. The Balaban J connectivity index is 2.08. The van der Waals surface area contributed by atoms with Crippen molar-refractivity contribution in [3.8, 4) is 17.2 Å². The van der Waals surface area contributed by atoms with Gasteiger partial charge in [0.25, 0.3) is 5.91 Å². The van der Waals surface area contributed by atoms with Gasteiger partial charge >= 0.3 is 6.18 Å². The van der Waals surface area contributed by atoms with E-state index in [1.165, 1.54) is 25.3 Å². The number of fused-ring (bicyclic) bond motifs is 1. The van der Waals surface area contributed by atoms with E-state index >= 15 is 0 Å². The van der Waals surface area contributed by atoms with Gasteiger partial charge in [0.2, 0.25) is 5.89 Å². The lowest BCUT2D eigenvalue weighted by atomic mass is 10.1. The minimum atomic E-state index is -4.66. The quantitative estimate of drug-likeness (QED) is 0.520. The van der Waals surface area contributed by atoms with Gasteiger partial charge in [-0.05, 0) is 31.2 Å². The molecule has 0 bridgehead atoms. The van der Waals surface area contributed by atoms with Crippen LogP contribution < -0.4 is 15.8 Å². The van der Waals surface area contributed by atoms with Crippen LogP contribution in [-0.4, -0.2) is 50.0 Å². The number of benzene rings is 1. The van der Waals surface area contributed by atoms with Crippen LogP contribution in [0.3, 0.4) is 0 Å². The van der Waals surface area contributed by atoms with Crippen molar-refractivity contribution in [2.24, 2.45) is 5.73 Å². The molecule has 0 fully saturated rings. The summed E-state index contributed by atoms with van der Waals surface area (Å²) in [7, 11) is -1.99. The summed E-state index contributed by atoms with van der Waals surface area (Å²) < 4.78 is 72.9. The first-order valence-electron chi connectivity index (χ1n) is 9.59. The number of nitrogens with zero attached hydrogens (tertiary/aromatic N) is 2. The highest BCUT2D eigenvalue weighted by Gasteiger charge is 2.33. The number of oxazole rings is 1. The Kier molecular flexibility index (Phi) is 6.65. The summed E-state index contributed by atoms with van der Waals surface area (Å²) in [5.74, 6) is -0.892. The molecule has 1 aromatic carbocycles. The molecule has 178 valence electrons. The smallest absolute Gasteiger partial charge is 0.433 e. The summed E-state index contributed by atoms with van der Waals surface area (Å²) in [6.45, 7) is 1.41. The Labute approximate surface area is 187 Å². The van der Waals surface area contributed by atoms with Crippen molar-refractivity contribution in [1.82, 2.24) is 15.3 Å². The molecule has 1 atom stereocenters. The number of halogens is 3. The summed E-state index contributed by atoms with van der Waals surface area (Å²) in [6.07, 6.45) is -3.62. The number of carbonyl (C=O) groups is 1. The van der Waals surface area contributed by atoms with Gasteiger partial charge in [0.15, 0.2) is 11.5 Å². The predicted molar refractivity (Wildman–Crippen MR) is 113 cm³/mol. The highest BCUT2D eigenvalue weighted by Crippen LogP contribution is 2.37. The number of amides is 1. The van der Waals surface area contributed by atoms with E-state index in [2.05, 4.69) is 15.3 Å². The molecule has 3 rings (SSSR count). The molecule has 9 nitrogen and oxygen atoms in total. The average Bonchev–Trinajstić information content (AvgIpc) is 3.16. The van der Waals surface area contributed by atoms with Crippen LogP contribution in [0.2, 0.25) is 0 Å². The highest BCUT2D eigenvalue weighted by molar-refractivity contribution is 7.90. The summed E-state index contributed by atoms with van der Waals surface area (Å²) in [5.41, 5.74) is 4.85. The molecule has 0 aliphatic heterocycles. The summed E-state index contributed by atoms with van der Waals surface area (Å²) in [6, 6.07) is 4.20. The largest absolute Gasteiger partial charge is 0.494 e. The van der Waals surface area contributed by atoms with E-state index < -0.39 is 33.7 Å². The van der Waals surface area contributed by atoms with E-state index in [1.807, 2.05) is 0 Å². The minimum absolute atomic E-state index is 0.0331. The molecule has 0 radical (unpaired) electrons. The van der Waals surface area contributed by atoms with Gasteiger partial charge in [-0.1, -0.05) is 0 Å². The van der Waals surface area contributed by atoms with Crippen molar-refractivity contribution < 1.29 is 35.5 Å². The molecule has 2 aromatic heterocycles. The summed E-state index contributed by atoms with van der Waals surface area (Å²) >= 11 is 0. The lowest BCUT2D eigenvalue weighted by molar-refractivity contribution is -0.140. The van der Waals surface area contributed by atoms with Crippen LogP contribution in [0, 0.1) is 0 Å². The molecular weight excluding hydrogens is 465 g/mol. The van der Waals surface area contributed by atoms with Crippen molar-refractivity contribution in [2.75, 3.05) is 25.7 Å². The van der Waals surface area contributed by atoms with Crippen LogP contribution in [0.5, 0.6) is 5.75 Å². The number of hydrogen-bond acceptors (Lipinski definition) is 8. The zero-order valence-electron chi connectivity index (χ0n) is 17.9. The monoisotopic (exact) mass is 486 g/mol. The molecule has 3 aromatic rings. The molecule has 0 unspecified atom stereocenters. The first-order valence-corrected chi connectivity index (χ1v) is 11.7. The molecule has 1 amide bonds. The zero-order valence-corrected chi connectivity index (χ0v) is 18.7. The Morgan fingerprint density at radius 1 is 1.24 bits per heavy atom. The Bertz CT molecular complexity index is 1300. The maximum atomic E-state index is 13.2. The van der Waals surface area contributed by atoms with Crippen LogP contribution in [0.25, 0.3) is 22.4 Å². The maximum absolute atomic E-state index is 13.2. The number of aromatic nitrogens is 2. The predicted octanol–water partition coefficient (Wildman–Crippen LogP) is 2.71. The first kappa shape index (κ1) is 24.5. The number of nitrogens with one attached hydrogen (secondary N) is 1. The summed E-state index contributed by atoms with van der Waals surface area (Å²) in [4.78, 5) is 20.5. The first-order chi connectivity index (χ1) is 15.3. The lowest BCUT2D eigenvalue weighted by Gasteiger charge is -2.11. The normalized spacial score (nSPS) is 13.2. The van der Waals surface area contributed by atoms with Crippen molar-refractivity contribution in [3.05, 3.63) is 41.4 Å². The minimum Gasteiger partial charge on any atom is -0.494 e. The topological polar surface area (TPSA) is 137 Å². The number of pyridine rings is 1. The molecule has 33 heavy (non-hydrogen) atoms. The van der Waals surface area contributed by atoms with Gasteiger partial charge in [-0.15, -0.1) is 0 Å². The molecule has 0 saturated carbocycles. The molecule has 0 spiro atoms. The Morgan fingerprint density at radius 3 is 2.52 bits per heavy atom. The fourth-order valence-corrected chi connectivity index (χ4v) is 3.53. The van der Waals surface area contributed by atoms with E-state index in [1.54, 1.807) is 6.92 Å². The van der Waals surface area contributed by atoms with Crippen molar-refractivity contribution in [2.45, 2.75) is 19.1 Å². The Hall–Kier alpha value is -3.19. The van der Waals surface area contributed by atoms with Gasteiger partial charge in [-0.25, -0.2) is 18.4 Å². The molecule has 0 saturated heterocycles. The highest BCUT2D eigenvalue weighted by atomic mass is 32.2. The van der Waals surface area contributed by atoms with E-state index in [9.17, 15) is 26.4 Å². The van der Waals surface area contributed by atoms with Gasteiger partial charge in [-0.2, -0.15) is 13.2 Å². The van der Waals surface area contributed by atoms with E-state index in [4.69, 9.17) is 14.9 Å². The van der Waals surface area contributed by atoms with Crippen LogP contribution in [0.15, 0.2) is 28.7 Å². The van der Waals surface area contributed by atoms with Crippen molar-refractivity contribution in [3.63, 3.8) is 0 Å². The number of carbonyl (C=O) groups excluding carboxylic acids is 1. The standard InChI is InChI=1S/C20H21F3N4O5S/c1-10(24)17-16(18(28)25-8-9-33(3,29)30)27-19(32-17)12-4-6-13(31-2)15-11(12)5-7-14(26-15)20(21,22)23/h4-7,10H,8-9,24H2,1-3H3,(H,25,28)/t10-/m0/s1. The second kappa shape index (κ2) is 8.98. The van der Waals surface area contributed by atoms with E-state index in [-0.39, 0.29) is 51.9 Å². The van der Waals surface area contributed by atoms with Crippen molar-refractivity contribution >= 4 is 26.6 Å². The van der Waals surface area contributed by atoms with Gasteiger partial charge in [-0.3, -0.25) is 4.79 Å². The van der Waals surface area contributed by atoms with Crippen LogP contribution in [-0.2, 0) is 16.0 Å². The second-order valence-electron chi connectivity index (χ2n) is 7.31. The molecule has 13 heteroatoms. The maximum Gasteiger partial charge on any atom is 0.433 e. The van der Waals surface area contributed by atoms with Crippen LogP contribution >= 0.6 is 0 Å². The zero-order chi connectivity index (χ0) is 24.6. The number of nitrogens with two attached hydrogens (primary N) is 1.